The van der Waals surface area contributed by atoms with Crippen LogP contribution in [0.2, 0.25) is 0 Å². The number of nitrogens with one attached hydrogen (secondary N) is 1. The Morgan fingerprint density at radius 3 is 2.40 bits per heavy atom. The van der Waals surface area contributed by atoms with Crippen molar-refractivity contribution < 1.29 is 13.2 Å². The van der Waals surface area contributed by atoms with Gasteiger partial charge in [-0.2, -0.15) is 18.2 Å². The molecule has 0 unspecified atom stereocenters. The Morgan fingerprint density at radius 2 is 1.85 bits per heavy atom. The molecule has 1 aromatic rings. The van der Waals surface area contributed by atoms with Crippen LogP contribution in [-0.4, -0.2) is 30.1 Å². The lowest BCUT2D eigenvalue weighted by Crippen LogP contribution is -2.34. The van der Waals surface area contributed by atoms with Crippen LogP contribution >= 0.6 is 0 Å². The number of hydrogen-bond donors (Lipinski definition) is 1. The number of halogens is 3. The van der Waals surface area contributed by atoms with Gasteiger partial charge in [-0.3, -0.25) is 0 Å². The van der Waals surface area contributed by atoms with E-state index in [0.717, 1.165) is 31.7 Å². The van der Waals surface area contributed by atoms with E-state index in [9.17, 15) is 13.2 Å². The third kappa shape index (κ3) is 3.32. The zero-order valence-electron chi connectivity index (χ0n) is 11.7. The van der Waals surface area contributed by atoms with Crippen molar-refractivity contribution in [2.75, 3.05) is 24.3 Å². The maximum atomic E-state index is 12.9. The molecule has 0 spiro atoms. The second-order valence-corrected chi connectivity index (χ2v) is 5.09. The molecule has 0 saturated heterocycles. The van der Waals surface area contributed by atoms with E-state index in [2.05, 4.69) is 15.3 Å². The molecular formula is C13H19F3N4. The maximum Gasteiger partial charge on any atom is 0.433 e. The summed E-state index contributed by atoms with van der Waals surface area (Å²) >= 11 is 0. The minimum Gasteiger partial charge on any atom is -0.357 e. The SMILES string of the molecule is CNc1nc(N(C)C2CCCCC2)cc(C(F)(F)F)n1. The van der Waals surface area contributed by atoms with Crippen LogP contribution in [-0.2, 0) is 6.18 Å². The summed E-state index contributed by atoms with van der Waals surface area (Å²) in [5.74, 6) is 0.320. The highest BCUT2D eigenvalue weighted by Gasteiger charge is 2.34. The maximum absolute atomic E-state index is 12.9. The van der Waals surface area contributed by atoms with E-state index in [-0.39, 0.29) is 12.0 Å². The second kappa shape index (κ2) is 5.85. The molecule has 7 heteroatoms. The molecule has 1 N–H and O–H groups in total. The number of alkyl halides is 3. The van der Waals surface area contributed by atoms with Crippen LogP contribution in [0.15, 0.2) is 6.07 Å². The molecule has 0 aromatic carbocycles. The first-order valence-corrected chi connectivity index (χ1v) is 6.78. The molecule has 1 aliphatic rings. The Balaban J connectivity index is 2.29. The Labute approximate surface area is 116 Å². The van der Waals surface area contributed by atoms with Crippen LogP contribution in [0.1, 0.15) is 37.8 Å². The van der Waals surface area contributed by atoms with Gasteiger partial charge in [0, 0.05) is 26.2 Å². The number of hydrogen-bond acceptors (Lipinski definition) is 4. The third-order valence-corrected chi connectivity index (χ3v) is 3.71. The van der Waals surface area contributed by atoms with Gasteiger partial charge in [0.05, 0.1) is 0 Å². The molecule has 20 heavy (non-hydrogen) atoms. The summed E-state index contributed by atoms with van der Waals surface area (Å²) in [5.41, 5.74) is -0.908. The highest BCUT2D eigenvalue weighted by Crippen LogP contribution is 2.32. The Hall–Kier alpha value is -1.53. The van der Waals surface area contributed by atoms with Crippen molar-refractivity contribution in [2.24, 2.45) is 0 Å². The predicted molar refractivity (Wildman–Crippen MR) is 71.9 cm³/mol. The van der Waals surface area contributed by atoms with E-state index in [0.29, 0.717) is 5.82 Å². The fourth-order valence-electron chi connectivity index (χ4n) is 2.53. The molecular weight excluding hydrogens is 269 g/mol. The molecule has 1 fully saturated rings. The van der Waals surface area contributed by atoms with Gasteiger partial charge in [0.1, 0.15) is 5.82 Å². The van der Waals surface area contributed by atoms with Gasteiger partial charge in [0.2, 0.25) is 5.95 Å². The lowest BCUT2D eigenvalue weighted by Gasteiger charge is -2.32. The summed E-state index contributed by atoms with van der Waals surface area (Å²) in [6.07, 6.45) is 0.962. The molecule has 1 aliphatic carbocycles. The van der Waals surface area contributed by atoms with Crippen LogP contribution in [0.4, 0.5) is 24.9 Å². The van der Waals surface area contributed by atoms with E-state index in [1.807, 2.05) is 4.90 Å². The molecule has 1 aromatic heterocycles. The number of anilines is 2. The number of rotatable bonds is 3. The van der Waals surface area contributed by atoms with E-state index < -0.39 is 11.9 Å². The average Bonchev–Trinajstić information content (AvgIpc) is 2.46. The summed E-state index contributed by atoms with van der Waals surface area (Å²) in [6.45, 7) is 0. The molecule has 0 aliphatic heterocycles. The first-order valence-electron chi connectivity index (χ1n) is 6.78. The molecule has 0 radical (unpaired) electrons. The molecule has 1 heterocycles. The molecule has 0 amide bonds. The van der Waals surface area contributed by atoms with Crippen molar-refractivity contribution in [1.82, 2.24) is 9.97 Å². The number of aromatic nitrogens is 2. The Bertz CT molecular complexity index is 455. The molecule has 0 bridgehead atoms. The zero-order valence-corrected chi connectivity index (χ0v) is 11.7. The van der Waals surface area contributed by atoms with Crippen LogP contribution in [0.3, 0.4) is 0 Å². The fourth-order valence-corrected chi connectivity index (χ4v) is 2.53. The van der Waals surface area contributed by atoms with Crippen molar-refractivity contribution in [3.63, 3.8) is 0 Å². The lowest BCUT2D eigenvalue weighted by atomic mass is 9.94. The monoisotopic (exact) mass is 288 g/mol. The Morgan fingerprint density at radius 1 is 1.20 bits per heavy atom. The van der Waals surface area contributed by atoms with E-state index in [1.54, 1.807) is 7.05 Å². The Kier molecular flexibility index (Phi) is 4.35. The van der Waals surface area contributed by atoms with Crippen molar-refractivity contribution >= 4 is 11.8 Å². The van der Waals surface area contributed by atoms with Crippen LogP contribution < -0.4 is 10.2 Å². The van der Waals surface area contributed by atoms with Gasteiger partial charge >= 0.3 is 6.18 Å². The highest BCUT2D eigenvalue weighted by atomic mass is 19.4. The van der Waals surface area contributed by atoms with Crippen LogP contribution in [0.25, 0.3) is 0 Å². The summed E-state index contributed by atoms with van der Waals surface area (Å²) in [5, 5.41) is 2.59. The van der Waals surface area contributed by atoms with E-state index in [4.69, 9.17) is 0 Å². The van der Waals surface area contributed by atoms with Gasteiger partial charge in [-0.05, 0) is 12.8 Å². The molecule has 2 rings (SSSR count). The second-order valence-electron chi connectivity index (χ2n) is 5.09. The quantitative estimate of drug-likeness (QED) is 0.926. The molecule has 4 nitrogen and oxygen atoms in total. The fraction of sp³-hybridized carbons (Fsp3) is 0.692. The average molecular weight is 288 g/mol. The van der Waals surface area contributed by atoms with Gasteiger partial charge < -0.3 is 10.2 Å². The van der Waals surface area contributed by atoms with Gasteiger partial charge in [-0.25, -0.2) is 4.98 Å². The largest absolute Gasteiger partial charge is 0.433 e. The molecule has 112 valence electrons. The first kappa shape index (κ1) is 14.9. The van der Waals surface area contributed by atoms with Crippen molar-refractivity contribution in [3.8, 4) is 0 Å². The smallest absolute Gasteiger partial charge is 0.357 e. The first-order chi connectivity index (χ1) is 9.41. The van der Waals surface area contributed by atoms with E-state index >= 15 is 0 Å². The zero-order chi connectivity index (χ0) is 14.8. The standard InChI is InChI=1S/C13H19F3N4/c1-17-12-18-10(13(14,15)16)8-11(19-12)20(2)9-6-4-3-5-7-9/h8-9H,3-7H2,1-2H3,(H,17,18,19). The van der Waals surface area contributed by atoms with Gasteiger partial charge in [-0.15, -0.1) is 0 Å². The predicted octanol–water partition coefficient (Wildman–Crippen LogP) is 3.31. The van der Waals surface area contributed by atoms with Crippen molar-refractivity contribution in [2.45, 2.75) is 44.3 Å². The lowest BCUT2D eigenvalue weighted by molar-refractivity contribution is -0.141. The highest BCUT2D eigenvalue weighted by molar-refractivity contribution is 5.45. The van der Waals surface area contributed by atoms with Crippen molar-refractivity contribution in [3.05, 3.63) is 11.8 Å². The summed E-state index contributed by atoms with van der Waals surface area (Å²) in [4.78, 5) is 9.47. The molecule has 1 saturated carbocycles. The van der Waals surface area contributed by atoms with Gasteiger partial charge in [0.15, 0.2) is 5.69 Å². The summed E-state index contributed by atoms with van der Waals surface area (Å²) in [6, 6.07) is 1.28. The normalized spacial score (nSPS) is 17.1. The minimum atomic E-state index is -4.46. The van der Waals surface area contributed by atoms with Crippen molar-refractivity contribution in [1.29, 1.82) is 0 Å². The number of nitrogens with zero attached hydrogens (tertiary/aromatic N) is 3. The molecule has 0 atom stereocenters. The van der Waals surface area contributed by atoms with Gasteiger partial charge in [0.25, 0.3) is 0 Å². The summed E-state index contributed by atoms with van der Waals surface area (Å²) < 4.78 is 38.6. The van der Waals surface area contributed by atoms with Crippen LogP contribution in [0.5, 0.6) is 0 Å². The minimum absolute atomic E-state index is 0.00233. The third-order valence-electron chi connectivity index (χ3n) is 3.71. The van der Waals surface area contributed by atoms with Gasteiger partial charge in [-0.1, -0.05) is 19.3 Å². The van der Waals surface area contributed by atoms with E-state index in [1.165, 1.54) is 13.5 Å². The topological polar surface area (TPSA) is 41.1 Å². The summed E-state index contributed by atoms with van der Waals surface area (Å²) in [7, 11) is 3.32. The van der Waals surface area contributed by atoms with Crippen LogP contribution in [0, 0.1) is 0 Å².